The zero-order chi connectivity index (χ0) is 14.7. The molecule has 106 valence electrons. The number of hydrogen-bond donors (Lipinski definition) is 0. The van der Waals surface area contributed by atoms with Gasteiger partial charge in [0.2, 0.25) is 5.11 Å². The number of ether oxygens (including phenoxy) is 1. The normalized spacial score (nSPS) is 17.6. The predicted molar refractivity (Wildman–Crippen MR) is 84.6 cm³/mol. The second kappa shape index (κ2) is 6.33. The molecule has 6 heteroatoms. The molecule has 0 amide bonds. The van der Waals surface area contributed by atoms with Crippen LogP contribution in [0.3, 0.4) is 0 Å². The molecule has 20 heavy (non-hydrogen) atoms. The molecule has 1 aliphatic heterocycles. The van der Waals surface area contributed by atoms with Crippen LogP contribution in [0, 0.1) is 13.8 Å². The summed E-state index contributed by atoms with van der Waals surface area (Å²) >= 11 is 11.3. The maximum atomic E-state index is 6.13. The first-order valence-electron chi connectivity index (χ1n) is 6.25. The van der Waals surface area contributed by atoms with Crippen LogP contribution in [0.15, 0.2) is 35.0 Å². The summed E-state index contributed by atoms with van der Waals surface area (Å²) < 4.78 is 5.78. The van der Waals surface area contributed by atoms with Crippen LogP contribution in [0.1, 0.15) is 11.1 Å². The molecule has 1 aromatic carbocycles. The van der Waals surface area contributed by atoms with Gasteiger partial charge in [0, 0.05) is 11.6 Å². The molecule has 4 nitrogen and oxygen atoms in total. The Bertz CT molecular complexity index is 551. The van der Waals surface area contributed by atoms with Gasteiger partial charge in [0.05, 0.1) is 0 Å². The van der Waals surface area contributed by atoms with Gasteiger partial charge in [-0.15, -0.1) is 11.7 Å². The summed E-state index contributed by atoms with van der Waals surface area (Å²) in [6.45, 7) is 8.61. The van der Waals surface area contributed by atoms with E-state index in [1.807, 2.05) is 30.9 Å². The number of thiocarbonyl (C=S) groups is 1. The largest absolute Gasteiger partial charge is 0.489 e. The Kier molecular flexibility index (Phi) is 4.73. The van der Waals surface area contributed by atoms with E-state index in [2.05, 4.69) is 16.8 Å². The molecular weight excluding hydrogens is 294 g/mol. The zero-order valence-electron chi connectivity index (χ0n) is 11.5. The Labute approximate surface area is 129 Å². The lowest BCUT2D eigenvalue weighted by Gasteiger charge is -2.21. The molecule has 0 saturated heterocycles. The van der Waals surface area contributed by atoms with Gasteiger partial charge in [-0.25, -0.2) is 0 Å². The van der Waals surface area contributed by atoms with E-state index >= 15 is 0 Å². The fraction of sp³-hybridized carbons (Fsp3) is 0.357. The number of rotatable bonds is 5. The summed E-state index contributed by atoms with van der Waals surface area (Å²) in [6.07, 6.45) is 1.57. The Balaban J connectivity index is 2.03. The Morgan fingerprint density at radius 1 is 1.45 bits per heavy atom. The van der Waals surface area contributed by atoms with E-state index in [-0.39, 0.29) is 6.17 Å². The lowest BCUT2D eigenvalue weighted by molar-refractivity contribution is 0.219. The highest BCUT2D eigenvalue weighted by Crippen LogP contribution is 2.26. The van der Waals surface area contributed by atoms with Crippen LogP contribution in [0.5, 0.6) is 5.75 Å². The van der Waals surface area contributed by atoms with Crippen LogP contribution in [-0.4, -0.2) is 29.3 Å². The average Bonchev–Trinajstić information content (AvgIpc) is 2.75. The van der Waals surface area contributed by atoms with Gasteiger partial charge >= 0.3 is 0 Å². The van der Waals surface area contributed by atoms with Gasteiger partial charge in [0.1, 0.15) is 12.4 Å². The highest BCUT2D eigenvalue weighted by molar-refractivity contribution is 7.80. The molecule has 0 aromatic heterocycles. The van der Waals surface area contributed by atoms with Gasteiger partial charge in [-0.05, 0) is 49.3 Å². The molecule has 0 saturated carbocycles. The molecule has 0 bridgehead atoms. The van der Waals surface area contributed by atoms with Crippen LogP contribution in [-0.2, 0) is 0 Å². The fourth-order valence-corrected chi connectivity index (χ4v) is 2.34. The first kappa shape index (κ1) is 14.9. The van der Waals surface area contributed by atoms with E-state index in [4.69, 9.17) is 28.6 Å². The van der Waals surface area contributed by atoms with E-state index in [0.717, 1.165) is 21.9 Å². The van der Waals surface area contributed by atoms with E-state index in [0.29, 0.717) is 18.3 Å². The number of azo groups is 1. The molecular formula is C14H16ClN3OS. The minimum Gasteiger partial charge on any atom is -0.489 e. The molecule has 1 aliphatic rings. The van der Waals surface area contributed by atoms with E-state index in [9.17, 15) is 0 Å². The summed E-state index contributed by atoms with van der Waals surface area (Å²) in [6, 6.07) is 3.83. The molecule has 0 fully saturated rings. The first-order valence-corrected chi connectivity index (χ1v) is 7.03. The van der Waals surface area contributed by atoms with Crippen molar-refractivity contribution < 1.29 is 4.74 Å². The topological polar surface area (TPSA) is 37.2 Å². The van der Waals surface area contributed by atoms with Crippen molar-refractivity contribution in [3.05, 3.63) is 40.9 Å². The standard InChI is InChI=1S/C14H16ClN3OS/c1-4-5-18-12(16-17-14(18)20)8-19-11-6-9(2)13(15)10(3)7-11/h4,6-7,12H,1,5,8H2,2-3H3. The van der Waals surface area contributed by atoms with Crippen LogP contribution in [0.2, 0.25) is 5.02 Å². The smallest absolute Gasteiger partial charge is 0.218 e. The minimum atomic E-state index is -0.197. The lowest BCUT2D eigenvalue weighted by Crippen LogP contribution is -2.36. The number of nitrogens with zero attached hydrogens (tertiary/aromatic N) is 3. The molecule has 1 aromatic rings. The first-order chi connectivity index (χ1) is 9.52. The quantitative estimate of drug-likeness (QED) is 0.611. The van der Waals surface area contributed by atoms with Gasteiger partial charge < -0.3 is 9.64 Å². The Hall–Kier alpha value is -1.46. The number of hydrogen-bond acceptors (Lipinski definition) is 3. The SMILES string of the molecule is C=CCN1C(=S)N=NC1COc1cc(C)c(Cl)c(C)c1. The van der Waals surface area contributed by atoms with Gasteiger partial charge in [0.25, 0.3) is 0 Å². The van der Waals surface area contributed by atoms with Crippen molar-refractivity contribution in [3.63, 3.8) is 0 Å². The minimum absolute atomic E-state index is 0.197. The summed E-state index contributed by atoms with van der Waals surface area (Å²) in [5.41, 5.74) is 1.99. The predicted octanol–water partition coefficient (Wildman–Crippen LogP) is 3.90. The molecule has 0 aliphatic carbocycles. The molecule has 1 atom stereocenters. The highest BCUT2D eigenvalue weighted by atomic mass is 35.5. The Morgan fingerprint density at radius 3 is 2.70 bits per heavy atom. The average molecular weight is 310 g/mol. The molecule has 2 rings (SSSR count). The van der Waals surface area contributed by atoms with Crippen LogP contribution in [0.4, 0.5) is 0 Å². The molecule has 1 unspecified atom stereocenters. The second-order valence-electron chi connectivity index (χ2n) is 4.60. The van der Waals surface area contributed by atoms with E-state index in [1.165, 1.54) is 0 Å². The van der Waals surface area contributed by atoms with Crippen molar-refractivity contribution in [2.24, 2.45) is 10.2 Å². The highest BCUT2D eigenvalue weighted by Gasteiger charge is 2.25. The number of benzene rings is 1. The summed E-state index contributed by atoms with van der Waals surface area (Å²) in [7, 11) is 0. The van der Waals surface area contributed by atoms with Crippen molar-refractivity contribution in [1.82, 2.24) is 4.90 Å². The van der Waals surface area contributed by atoms with Crippen LogP contribution >= 0.6 is 23.8 Å². The van der Waals surface area contributed by atoms with Gasteiger partial charge in [-0.1, -0.05) is 17.7 Å². The summed E-state index contributed by atoms with van der Waals surface area (Å²) in [5.74, 6) is 0.774. The maximum Gasteiger partial charge on any atom is 0.218 e. The van der Waals surface area contributed by atoms with Gasteiger partial charge in [-0.2, -0.15) is 5.11 Å². The van der Waals surface area contributed by atoms with Crippen molar-refractivity contribution in [1.29, 1.82) is 0 Å². The molecule has 0 spiro atoms. The Morgan fingerprint density at radius 2 is 2.10 bits per heavy atom. The van der Waals surface area contributed by atoms with Crippen molar-refractivity contribution in [3.8, 4) is 5.75 Å². The number of aryl methyl sites for hydroxylation is 2. The fourth-order valence-electron chi connectivity index (χ4n) is 1.99. The third-order valence-electron chi connectivity index (χ3n) is 3.02. The van der Waals surface area contributed by atoms with Crippen molar-refractivity contribution in [2.75, 3.05) is 13.2 Å². The van der Waals surface area contributed by atoms with Crippen LogP contribution < -0.4 is 4.74 Å². The van der Waals surface area contributed by atoms with E-state index in [1.54, 1.807) is 6.08 Å². The third-order valence-corrected chi connectivity index (χ3v) is 3.93. The summed E-state index contributed by atoms with van der Waals surface area (Å²) in [5, 5.41) is 9.26. The van der Waals surface area contributed by atoms with Gasteiger partial charge in [-0.3, -0.25) is 0 Å². The van der Waals surface area contributed by atoms with Gasteiger partial charge in [0.15, 0.2) is 6.17 Å². The monoisotopic (exact) mass is 309 g/mol. The molecule has 0 N–H and O–H groups in total. The third kappa shape index (κ3) is 3.16. The van der Waals surface area contributed by atoms with E-state index < -0.39 is 0 Å². The maximum absolute atomic E-state index is 6.13. The lowest BCUT2D eigenvalue weighted by atomic mass is 10.1. The summed E-state index contributed by atoms with van der Waals surface area (Å²) in [4.78, 5) is 1.87. The number of halogens is 1. The van der Waals surface area contributed by atoms with Crippen molar-refractivity contribution >= 4 is 28.9 Å². The van der Waals surface area contributed by atoms with Crippen LogP contribution in [0.25, 0.3) is 0 Å². The molecule has 0 radical (unpaired) electrons. The zero-order valence-corrected chi connectivity index (χ0v) is 13.0. The second-order valence-corrected chi connectivity index (χ2v) is 5.34. The molecule has 1 heterocycles. The van der Waals surface area contributed by atoms with Crippen molar-refractivity contribution in [2.45, 2.75) is 20.0 Å².